The Balaban J connectivity index is 2.14. The molecule has 2 aromatic rings. The molecular formula is C24H35NO. The van der Waals surface area contributed by atoms with E-state index >= 15 is 0 Å². The van der Waals surface area contributed by atoms with Crippen molar-refractivity contribution in [3.63, 3.8) is 0 Å². The maximum atomic E-state index is 6.02. The van der Waals surface area contributed by atoms with Gasteiger partial charge in [-0.15, -0.1) is 0 Å². The number of ether oxygens (including phenoxy) is 1. The maximum absolute atomic E-state index is 6.02. The van der Waals surface area contributed by atoms with Crippen LogP contribution in [-0.4, -0.2) is 18.7 Å². The van der Waals surface area contributed by atoms with E-state index in [4.69, 9.17) is 4.74 Å². The average molecular weight is 354 g/mol. The van der Waals surface area contributed by atoms with Gasteiger partial charge in [-0.3, -0.25) is 0 Å². The zero-order valence-corrected chi connectivity index (χ0v) is 16.9. The zero-order chi connectivity index (χ0) is 18.8. The Kier molecular flexibility index (Phi) is 8.70. The first-order valence-electron chi connectivity index (χ1n) is 10.2. The Hall–Kier alpha value is -1.80. The highest BCUT2D eigenvalue weighted by Crippen LogP contribution is 2.29. The summed E-state index contributed by atoms with van der Waals surface area (Å²) in [5.41, 5.74) is 3.92. The van der Waals surface area contributed by atoms with Crippen LogP contribution in [0.15, 0.2) is 48.5 Å². The standard InChI is InChI=1S/C24H35NO/c1-5-6-7-11-16-26-23-15-14-22(17-20(4)25-19(2)3)24(18-23)21-12-9-8-10-13-21/h8-10,12-15,18-20,25H,5-7,11,16-17H2,1-4H3. The number of hydrogen-bond acceptors (Lipinski definition) is 2. The molecule has 0 spiro atoms. The van der Waals surface area contributed by atoms with E-state index in [0.29, 0.717) is 12.1 Å². The van der Waals surface area contributed by atoms with Gasteiger partial charge in [0.1, 0.15) is 5.75 Å². The van der Waals surface area contributed by atoms with Crippen LogP contribution < -0.4 is 10.1 Å². The van der Waals surface area contributed by atoms with Gasteiger partial charge in [0.05, 0.1) is 6.61 Å². The summed E-state index contributed by atoms with van der Waals surface area (Å²) in [7, 11) is 0. The van der Waals surface area contributed by atoms with Gasteiger partial charge >= 0.3 is 0 Å². The highest BCUT2D eigenvalue weighted by Gasteiger charge is 2.11. The SMILES string of the molecule is CCCCCCOc1ccc(CC(C)NC(C)C)c(-c2ccccc2)c1. The topological polar surface area (TPSA) is 21.3 Å². The quantitative estimate of drug-likeness (QED) is 0.483. The summed E-state index contributed by atoms with van der Waals surface area (Å²) in [5.74, 6) is 0.980. The predicted molar refractivity (Wildman–Crippen MR) is 113 cm³/mol. The van der Waals surface area contributed by atoms with Crippen molar-refractivity contribution in [3.8, 4) is 16.9 Å². The smallest absolute Gasteiger partial charge is 0.119 e. The van der Waals surface area contributed by atoms with E-state index in [1.165, 1.54) is 36.0 Å². The van der Waals surface area contributed by atoms with Crippen LogP contribution in [-0.2, 0) is 6.42 Å². The molecule has 0 fully saturated rings. The third-order valence-electron chi connectivity index (χ3n) is 4.58. The van der Waals surface area contributed by atoms with Crippen molar-refractivity contribution < 1.29 is 4.74 Å². The van der Waals surface area contributed by atoms with Gasteiger partial charge in [-0.05, 0) is 48.6 Å². The van der Waals surface area contributed by atoms with E-state index in [-0.39, 0.29) is 0 Å². The minimum absolute atomic E-state index is 0.443. The second kappa shape index (κ2) is 11.0. The molecule has 26 heavy (non-hydrogen) atoms. The lowest BCUT2D eigenvalue weighted by Crippen LogP contribution is -2.33. The van der Waals surface area contributed by atoms with Crippen LogP contribution in [0, 0.1) is 0 Å². The molecule has 0 bridgehead atoms. The van der Waals surface area contributed by atoms with Gasteiger partial charge in [-0.1, -0.05) is 76.4 Å². The van der Waals surface area contributed by atoms with Crippen LogP contribution in [0.5, 0.6) is 5.75 Å². The summed E-state index contributed by atoms with van der Waals surface area (Å²) in [4.78, 5) is 0. The van der Waals surface area contributed by atoms with Crippen LogP contribution in [0.2, 0.25) is 0 Å². The highest BCUT2D eigenvalue weighted by atomic mass is 16.5. The lowest BCUT2D eigenvalue weighted by molar-refractivity contribution is 0.305. The van der Waals surface area contributed by atoms with Gasteiger partial charge in [0.2, 0.25) is 0 Å². The lowest BCUT2D eigenvalue weighted by Gasteiger charge is -2.19. The van der Waals surface area contributed by atoms with Crippen LogP contribution >= 0.6 is 0 Å². The summed E-state index contributed by atoms with van der Waals surface area (Å²) in [6.07, 6.45) is 5.94. The zero-order valence-electron chi connectivity index (χ0n) is 16.9. The molecule has 2 rings (SSSR count). The third-order valence-corrected chi connectivity index (χ3v) is 4.58. The predicted octanol–water partition coefficient (Wildman–Crippen LogP) is 6.24. The monoisotopic (exact) mass is 353 g/mol. The molecule has 142 valence electrons. The van der Waals surface area contributed by atoms with Crippen molar-refractivity contribution in [2.75, 3.05) is 6.61 Å². The van der Waals surface area contributed by atoms with Crippen molar-refractivity contribution in [2.24, 2.45) is 0 Å². The summed E-state index contributed by atoms with van der Waals surface area (Å²) in [6.45, 7) is 9.70. The van der Waals surface area contributed by atoms with Crippen LogP contribution in [0.4, 0.5) is 0 Å². The summed E-state index contributed by atoms with van der Waals surface area (Å²) in [6, 6.07) is 18.2. The van der Waals surface area contributed by atoms with E-state index in [9.17, 15) is 0 Å². The van der Waals surface area contributed by atoms with Crippen molar-refractivity contribution >= 4 is 0 Å². The van der Waals surface area contributed by atoms with Gasteiger partial charge < -0.3 is 10.1 Å². The van der Waals surface area contributed by atoms with Crippen molar-refractivity contribution in [2.45, 2.75) is 71.9 Å². The number of rotatable bonds is 11. The molecule has 0 aliphatic carbocycles. The number of nitrogens with one attached hydrogen (secondary N) is 1. The first-order chi connectivity index (χ1) is 12.6. The number of unbranched alkanes of at least 4 members (excludes halogenated alkanes) is 3. The fourth-order valence-electron chi connectivity index (χ4n) is 3.39. The Morgan fingerprint density at radius 1 is 0.923 bits per heavy atom. The Morgan fingerprint density at radius 3 is 2.38 bits per heavy atom. The highest BCUT2D eigenvalue weighted by molar-refractivity contribution is 5.69. The van der Waals surface area contributed by atoms with Crippen molar-refractivity contribution in [1.82, 2.24) is 5.32 Å². The molecule has 0 radical (unpaired) electrons. The molecule has 1 atom stereocenters. The fraction of sp³-hybridized carbons (Fsp3) is 0.500. The largest absolute Gasteiger partial charge is 0.494 e. The Bertz CT molecular complexity index is 636. The normalized spacial score (nSPS) is 12.3. The van der Waals surface area contributed by atoms with E-state index in [0.717, 1.165) is 25.2 Å². The van der Waals surface area contributed by atoms with E-state index in [1.54, 1.807) is 0 Å². The first-order valence-corrected chi connectivity index (χ1v) is 10.2. The minimum atomic E-state index is 0.443. The van der Waals surface area contributed by atoms with Gasteiger partial charge in [-0.2, -0.15) is 0 Å². The summed E-state index contributed by atoms with van der Waals surface area (Å²) < 4.78 is 6.02. The Morgan fingerprint density at radius 2 is 1.69 bits per heavy atom. The van der Waals surface area contributed by atoms with Crippen LogP contribution in [0.25, 0.3) is 11.1 Å². The van der Waals surface area contributed by atoms with Gasteiger partial charge in [0.15, 0.2) is 0 Å². The first kappa shape index (κ1) is 20.5. The van der Waals surface area contributed by atoms with Gasteiger partial charge in [-0.25, -0.2) is 0 Å². The molecule has 0 saturated carbocycles. The second-order valence-electron chi connectivity index (χ2n) is 7.52. The molecule has 2 heteroatoms. The minimum Gasteiger partial charge on any atom is -0.494 e. The van der Waals surface area contributed by atoms with Crippen LogP contribution in [0.1, 0.15) is 58.9 Å². The van der Waals surface area contributed by atoms with Crippen molar-refractivity contribution in [3.05, 3.63) is 54.1 Å². The molecular weight excluding hydrogens is 318 g/mol. The molecule has 0 saturated heterocycles. The molecule has 0 aliphatic rings. The molecule has 2 nitrogen and oxygen atoms in total. The molecule has 0 aliphatic heterocycles. The summed E-state index contributed by atoms with van der Waals surface area (Å²) >= 11 is 0. The molecule has 1 unspecified atom stereocenters. The third kappa shape index (κ3) is 6.84. The number of hydrogen-bond donors (Lipinski definition) is 1. The molecule has 2 aromatic carbocycles. The Labute approximate surface area is 160 Å². The van der Waals surface area contributed by atoms with E-state index in [2.05, 4.69) is 81.5 Å². The fourth-order valence-corrected chi connectivity index (χ4v) is 3.39. The summed E-state index contributed by atoms with van der Waals surface area (Å²) in [5, 5.41) is 3.61. The second-order valence-corrected chi connectivity index (χ2v) is 7.52. The van der Waals surface area contributed by atoms with E-state index in [1.807, 2.05) is 0 Å². The molecule has 0 aromatic heterocycles. The number of benzene rings is 2. The van der Waals surface area contributed by atoms with Crippen LogP contribution in [0.3, 0.4) is 0 Å². The molecule has 0 amide bonds. The molecule has 1 N–H and O–H groups in total. The maximum Gasteiger partial charge on any atom is 0.119 e. The lowest BCUT2D eigenvalue weighted by atomic mass is 9.95. The van der Waals surface area contributed by atoms with Crippen molar-refractivity contribution in [1.29, 1.82) is 0 Å². The van der Waals surface area contributed by atoms with Gasteiger partial charge in [0, 0.05) is 12.1 Å². The van der Waals surface area contributed by atoms with E-state index < -0.39 is 0 Å². The molecule has 0 heterocycles. The van der Waals surface area contributed by atoms with Gasteiger partial charge in [0.25, 0.3) is 0 Å². The average Bonchev–Trinajstić information content (AvgIpc) is 2.62.